The highest BCUT2D eigenvalue weighted by Crippen LogP contribution is 2.30. The molecule has 0 bridgehead atoms. The smallest absolute Gasteiger partial charge is 0.249 e. The molecule has 10 atom stereocenters. The summed E-state index contributed by atoms with van der Waals surface area (Å²) in [5, 5.41) is 19.6. The summed E-state index contributed by atoms with van der Waals surface area (Å²) in [6, 6.07) is 6.36. The normalized spacial score (nSPS) is 19.9. The molecule has 4 N–H and O–H groups in total. The number of likely N-dealkylation sites (N-methyl/N-ethyl adjacent to an activating group) is 2. The Morgan fingerprint density at radius 3 is 2.16 bits per heavy atom. The second-order valence-corrected chi connectivity index (χ2v) is 14.5. The van der Waals surface area contributed by atoms with Gasteiger partial charge < -0.3 is 40.3 Å². The zero-order valence-corrected chi connectivity index (χ0v) is 32.8. The fourth-order valence-corrected chi connectivity index (χ4v) is 7.28. The molecule has 2 rings (SSSR count). The van der Waals surface area contributed by atoms with Crippen LogP contribution in [0.1, 0.15) is 85.8 Å². The van der Waals surface area contributed by atoms with E-state index >= 15 is 0 Å². The highest BCUT2D eigenvalue weighted by Gasteiger charge is 2.43. The van der Waals surface area contributed by atoms with Gasteiger partial charge in [-0.05, 0) is 56.7 Å². The van der Waals surface area contributed by atoms with Gasteiger partial charge in [0, 0.05) is 27.8 Å². The SMILES string of the molecule is C=C(C)[C@H](NC(=O)[C@@H](NC)C(C)C)C(=O)N(C)[C@@H]([C@@H](C)CC)[C@@H](CC(=O)N1CCC[C@H]1C(OC)[C@@H](C)C(=O)N[C@H](C)[C@@H](O)c1ccccc1)OC. The van der Waals surface area contributed by atoms with Gasteiger partial charge in [0.15, 0.2) is 0 Å². The minimum atomic E-state index is -0.952. The summed E-state index contributed by atoms with van der Waals surface area (Å²) in [6.45, 7) is 17.7. The first-order valence-corrected chi connectivity index (χ1v) is 18.3. The van der Waals surface area contributed by atoms with Crippen LogP contribution in [0.3, 0.4) is 0 Å². The third-order valence-electron chi connectivity index (χ3n) is 10.5. The minimum absolute atomic E-state index is 0.00550. The summed E-state index contributed by atoms with van der Waals surface area (Å²) in [6.07, 6.45) is 0.0387. The fraction of sp³-hybridized carbons (Fsp3) is 0.692. The van der Waals surface area contributed by atoms with Crippen LogP contribution in [-0.4, -0.2) is 116 Å². The molecule has 0 radical (unpaired) electrons. The van der Waals surface area contributed by atoms with Crippen LogP contribution < -0.4 is 16.0 Å². The molecule has 0 spiro atoms. The maximum Gasteiger partial charge on any atom is 0.249 e. The Labute approximate surface area is 306 Å². The molecule has 1 aliphatic rings. The number of benzene rings is 1. The Morgan fingerprint density at radius 2 is 1.65 bits per heavy atom. The van der Waals surface area contributed by atoms with Gasteiger partial charge in [0.25, 0.3) is 0 Å². The predicted octanol–water partition coefficient (Wildman–Crippen LogP) is 3.45. The van der Waals surface area contributed by atoms with Crippen molar-refractivity contribution in [2.45, 2.75) is 123 Å². The van der Waals surface area contributed by atoms with Gasteiger partial charge in [0.2, 0.25) is 23.6 Å². The average molecular weight is 716 g/mol. The van der Waals surface area contributed by atoms with E-state index in [-0.39, 0.29) is 47.9 Å². The molecule has 4 amide bonds. The number of amides is 4. The van der Waals surface area contributed by atoms with Crippen molar-refractivity contribution in [2.75, 3.05) is 34.9 Å². The Bertz CT molecular complexity index is 1290. The average Bonchev–Trinajstić information content (AvgIpc) is 3.59. The number of likely N-dealkylation sites (tertiary alicyclic amines) is 1. The van der Waals surface area contributed by atoms with Crippen molar-refractivity contribution in [1.29, 1.82) is 0 Å². The number of nitrogens with zero attached hydrogens (tertiary/aromatic N) is 2. The lowest BCUT2D eigenvalue weighted by molar-refractivity contribution is -0.146. The first kappa shape index (κ1) is 43.8. The molecule has 1 unspecified atom stereocenters. The Morgan fingerprint density at radius 1 is 1.02 bits per heavy atom. The van der Waals surface area contributed by atoms with Gasteiger partial charge in [-0.15, -0.1) is 0 Å². The van der Waals surface area contributed by atoms with Crippen LogP contribution in [0.5, 0.6) is 0 Å². The first-order chi connectivity index (χ1) is 24.0. The number of carbonyl (C=O) groups excluding carboxylic acids is 4. The number of methoxy groups -OCH3 is 2. The van der Waals surface area contributed by atoms with Gasteiger partial charge >= 0.3 is 0 Å². The summed E-state index contributed by atoms with van der Waals surface area (Å²) >= 11 is 0. The van der Waals surface area contributed by atoms with Gasteiger partial charge in [-0.25, -0.2) is 0 Å². The van der Waals surface area contributed by atoms with Crippen molar-refractivity contribution in [1.82, 2.24) is 25.8 Å². The number of carbonyl (C=O) groups is 4. The van der Waals surface area contributed by atoms with E-state index in [4.69, 9.17) is 9.47 Å². The number of hydrogen-bond acceptors (Lipinski definition) is 8. The number of hydrogen-bond donors (Lipinski definition) is 4. The third kappa shape index (κ3) is 11.3. The molecule has 1 saturated heterocycles. The van der Waals surface area contributed by atoms with Crippen molar-refractivity contribution >= 4 is 23.6 Å². The Balaban J connectivity index is 2.24. The molecule has 1 heterocycles. The molecule has 1 aromatic rings. The van der Waals surface area contributed by atoms with E-state index in [2.05, 4.69) is 22.5 Å². The van der Waals surface area contributed by atoms with Gasteiger partial charge in [0.05, 0.1) is 54.8 Å². The highest BCUT2D eigenvalue weighted by molar-refractivity contribution is 5.92. The molecule has 0 aliphatic carbocycles. The van der Waals surface area contributed by atoms with Crippen LogP contribution >= 0.6 is 0 Å². The number of ether oxygens (including phenoxy) is 2. The molecule has 51 heavy (non-hydrogen) atoms. The van der Waals surface area contributed by atoms with E-state index in [1.54, 1.807) is 58.9 Å². The maximum atomic E-state index is 14.1. The van der Waals surface area contributed by atoms with E-state index in [0.29, 0.717) is 24.1 Å². The lowest BCUT2D eigenvalue weighted by Crippen LogP contribution is -2.58. The second-order valence-electron chi connectivity index (χ2n) is 14.5. The molecule has 0 saturated carbocycles. The Hall–Kier alpha value is -3.32. The van der Waals surface area contributed by atoms with Crippen LogP contribution in [0.15, 0.2) is 42.5 Å². The Kier molecular flexibility index (Phi) is 17.8. The van der Waals surface area contributed by atoms with E-state index < -0.39 is 48.4 Å². The van der Waals surface area contributed by atoms with Crippen molar-refractivity contribution in [3.8, 4) is 0 Å². The monoisotopic (exact) mass is 715 g/mol. The van der Waals surface area contributed by atoms with E-state index in [0.717, 1.165) is 12.8 Å². The molecule has 0 aromatic heterocycles. The van der Waals surface area contributed by atoms with E-state index in [1.807, 2.05) is 58.0 Å². The summed E-state index contributed by atoms with van der Waals surface area (Å²) in [5.41, 5.74) is 1.21. The van der Waals surface area contributed by atoms with Crippen LogP contribution in [-0.2, 0) is 28.7 Å². The summed E-state index contributed by atoms with van der Waals surface area (Å²) < 4.78 is 11.9. The number of rotatable bonds is 20. The van der Waals surface area contributed by atoms with Crippen LogP contribution in [0.4, 0.5) is 0 Å². The molecule has 12 nitrogen and oxygen atoms in total. The quantitative estimate of drug-likeness (QED) is 0.150. The van der Waals surface area contributed by atoms with E-state index in [9.17, 15) is 24.3 Å². The first-order valence-electron chi connectivity index (χ1n) is 18.3. The molecule has 12 heteroatoms. The maximum absolute atomic E-state index is 14.1. The minimum Gasteiger partial charge on any atom is -0.386 e. The largest absolute Gasteiger partial charge is 0.386 e. The zero-order chi connectivity index (χ0) is 38.6. The topological polar surface area (TPSA) is 150 Å². The summed E-state index contributed by atoms with van der Waals surface area (Å²) in [4.78, 5) is 58.1. The van der Waals surface area contributed by atoms with E-state index in [1.165, 1.54) is 0 Å². The number of aliphatic hydroxyl groups excluding tert-OH is 1. The van der Waals surface area contributed by atoms with Crippen molar-refractivity contribution in [3.05, 3.63) is 48.0 Å². The van der Waals surface area contributed by atoms with Crippen LogP contribution in [0.25, 0.3) is 0 Å². The second kappa shape index (κ2) is 20.7. The highest BCUT2D eigenvalue weighted by atomic mass is 16.5. The number of nitrogens with one attached hydrogen (secondary N) is 3. The summed E-state index contributed by atoms with van der Waals surface area (Å²) in [7, 11) is 6.49. The third-order valence-corrected chi connectivity index (χ3v) is 10.5. The molecule has 1 fully saturated rings. The standard InChI is InChI=1S/C39H65N5O7/c1-13-25(6)34(43(10)39(49)33(24(4)5)42-38(48)32(40-9)23(2)3)30(50-11)22-31(45)44-21-17-20-29(44)36(51-12)26(7)37(47)41-27(8)35(46)28-18-15-14-16-19-28/h14-16,18-19,23,25-27,29-30,32-36,40,46H,4,13,17,20-22H2,1-3,5-12H3,(H,41,47)(H,42,48)/t25-,26+,27+,29-,30+,32-,33-,34-,35+,36?/m0/s1. The lowest BCUT2D eigenvalue weighted by Gasteiger charge is -2.40. The molecule has 288 valence electrons. The molecule has 1 aliphatic heterocycles. The summed E-state index contributed by atoms with van der Waals surface area (Å²) in [5.74, 6) is -1.70. The fourth-order valence-electron chi connectivity index (χ4n) is 7.28. The molecule has 1 aromatic carbocycles. The van der Waals surface area contributed by atoms with Gasteiger partial charge in [0.1, 0.15) is 6.04 Å². The van der Waals surface area contributed by atoms with Crippen LogP contribution in [0, 0.1) is 17.8 Å². The van der Waals surface area contributed by atoms with Crippen molar-refractivity contribution in [2.24, 2.45) is 17.8 Å². The van der Waals surface area contributed by atoms with Crippen LogP contribution in [0.2, 0.25) is 0 Å². The van der Waals surface area contributed by atoms with Gasteiger partial charge in [-0.2, -0.15) is 0 Å². The lowest BCUT2D eigenvalue weighted by atomic mass is 9.89. The van der Waals surface area contributed by atoms with Gasteiger partial charge in [-0.3, -0.25) is 19.2 Å². The molecular formula is C39H65N5O7. The molecular weight excluding hydrogens is 650 g/mol. The van der Waals surface area contributed by atoms with Gasteiger partial charge in [-0.1, -0.05) is 78.0 Å². The zero-order valence-electron chi connectivity index (χ0n) is 32.8. The predicted molar refractivity (Wildman–Crippen MR) is 200 cm³/mol. The van der Waals surface area contributed by atoms with Crippen molar-refractivity contribution in [3.63, 3.8) is 0 Å². The van der Waals surface area contributed by atoms with Crippen molar-refractivity contribution < 1.29 is 33.8 Å². The number of aliphatic hydroxyl groups is 1.